The Balaban J connectivity index is 1.43. The molecule has 1 unspecified atom stereocenters. The van der Waals surface area contributed by atoms with E-state index in [0.717, 1.165) is 24.3 Å². The molecule has 1 aromatic carbocycles. The Bertz CT molecular complexity index is 1140. The standard InChI is InChI=1S/C22H21N3O3S2/c1-26-14-5-6-15(17(12-14)27-2)22-23-20(28-24-22)13-25-9-7-18-16(8-11-30-18)21(25)19-4-3-10-29-19/h3-6,8,10-12,21H,7,9,13H2,1-2H3. The fourth-order valence-electron chi connectivity index (χ4n) is 3.90. The molecule has 6 nitrogen and oxygen atoms in total. The summed E-state index contributed by atoms with van der Waals surface area (Å²) >= 11 is 3.63. The number of aromatic nitrogens is 2. The predicted molar refractivity (Wildman–Crippen MR) is 117 cm³/mol. The van der Waals surface area contributed by atoms with Gasteiger partial charge in [-0.25, -0.2) is 0 Å². The van der Waals surface area contributed by atoms with E-state index in [1.165, 1.54) is 15.3 Å². The minimum atomic E-state index is 0.228. The lowest BCUT2D eigenvalue weighted by Crippen LogP contribution is -2.34. The Labute approximate surface area is 182 Å². The van der Waals surface area contributed by atoms with Gasteiger partial charge in [0, 0.05) is 22.4 Å². The zero-order valence-corrected chi connectivity index (χ0v) is 18.3. The van der Waals surface area contributed by atoms with E-state index < -0.39 is 0 Å². The van der Waals surface area contributed by atoms with Crippen LogP contribution in [0.1, 0.15) is 27.3 Å². The van der Waals surface area contributed by atoms with E-state index in [-0.39, 0.29) is 6.04 Å². The van der Waals surface area contributed by atoms with Crippen LogP contribution >= 0.6 is 22.7 Å². The summed E-state index contributed by atoms with van der Waals surface area (Å²) in [6, 6.07) is 12.4. The fraction of sp³-hybridized carbons (Fsp3) is 0.273. The third-order valence-corrected chi connectivity index (χ3v) is 7.26. The molecule has 8 heteroatoms. The van der Waals surface area contributed by atoms with Gasteiger partial charge >= 0.3 is 0 Å². The molecule has 0 fully saturated rings. The molecule has 0 amide bonds. The highest BCUT2D eigenvalue weighted by Gasteiger charge is 2.31. The third kappa shape index (κ3) is 3.51. The quantitative estimate of drug-likeness (QED) is 0.420. The molecule has 0 N–H and O–H groups in total. The van der Waals surface area contributed by atoms with Crippen LogP contribution in [-0.4, -0.2) is 35.8 Å². The Hall–Kier alpha value is -2.68. The van der Waals surface area contributed by atoms with E-state index in [9.17, 15) is 0 Å². The largest absolute Gasteiger partial charge is 0.497 e. The zero-order chi connectivity index (χ0) is 20.5. The highest BCUT2D eigenvalue weighted by Crippen LogP contribution is 2.40. The lowest BCUT2D eigenvalue weighted by Gasteiger charge is -2.34. The van der Waals surface area contributed by atoms with Crippen molar-refractivity contribution in [3.8, 4) is 22.9 Å². The van der Waals surface area contributed by atoms with Gasteiger partial charge in [-0.15, -0.1) is 22.7 Å². The third-order valence-electron chi connectivity index (χ3n) is 5.33. The summed E-state index contributed by atoms with van der Waals surface area (Å²) in [6.07, 6.45) is 1.04. The van der Waals surface area contributed by atoms with Crippen LogP contribution in [-0.2, 0) is 13.0 Å². The van der Waals surface area contributed by atoms with Gasteiger partial charge in [0.1, 0.15) is 11.5 Å². The average Bonchev–Trinajstić information content (AvgIpc) is 3.54. The van der Waals surface area contributed by atoms with Crippen LogP contribution in [0.4, 0.5) is 0 Å². The van der Waals surface area contributed by atoms with E-state index in [1.807, 2.05) is 29.5 Å². The van der Waals surface area contributed by atoms with Crippen molar-refractivity contribution >= 4 is 22.7 Å². The number of methoxy groups -OCH3 is 2. The van der Waals surface area contributed by atoms with Crippen LogP contribution in [0.5, 0.6) is 11.5 Å². The number of fused-ring (bicyclic) bond motifs is 1. The van der Waals surface area contributed by atoms with Gasteiger partial charge in [0.2, 0.25) is 11.7 Å². The average molecular weight is 440 g/mol. The highest BCUT2D eigenvalue weighted by molar-refractivity contribution is 7.10. The summed E-state index contributed by atoms with van der Waals surface area (Å²) in [5.74, 6) is 2.49. The van der Waals surface area contributed by atoms with E-state index >= 15 is 0 Å². The van der Waals surface area contributed by atoms with Gasteiger partial charge in [0.25, 0.3) is 0 Å². The van der Waals surface area contributed by atoms with Gasteiger partial charge < -0.3 is 14.0 Å². The molecule has 5 rings (SSSR count). The zero-order valence-electron chi connectivity index (χ0n) is 16.7. The molecule has 0 spiro atoms. The molecule has 0 saturated carbocycles. The summed E-state index contributed by atoms with van der Waals surface area (Å²) in [5.41, 5.74) is 2.17. The summed E-state index contributed by atoms with van der Waals surface area (Å²) in [4.78, 5) is 9.89. The SMILES string of the molecule is COc1ccc(-c2noc(CN3CCc4sccc4C3c3cccs3)n2)c(OC)c1. The van der Waals surface area contributed by atoms with E-state index in [2.05, 4.69) is 44.0 Å². The first-order chi connectivity index (χ1) is 14.8. The van der Waals surface area contributed by atoms with Crippen molar-refractivity contribution in [1.82, 2.24) is 15.0 Å². The van der Waals surface area contributed by atoms with Crippen molar-refractivity contribution in [2.24, 2.45) is 0 Å². The molecule has 4 aromatic rings. The van der Waals surface area contributed by atoms with Gasteiger partial charge in [-0.05, 0) is 47.0 Å². The summed E-state index contributed by atoms with van der Waals surface area (Å²) in [6.45, 7) is 1.56. The van der Waals surface area contributed by atoms with E-state index in [4.69, 9.17) is 14.0 Å². The second-order valence-corrected chi connectivity index (χ2v) is 9.00. The van der Waals surface area contributed by atoms with Crippen LogP contribution in [0.25, 0.3) is 11.4 Å². The molecule has 4 heterocycles. The highest BCUT2D eigenvalue weighted by atomic mass is 32.1. The maximum absolute atomic E-state index is 5.63. The van der Waals surface area contributed by atoms with Crippen LogP contribution in [0.15, 0.2) is 51.7 Å². The van der Waals surface area contributed by atoms with Crippen LogP contribution in [0.2, 0.25) is 0 Å². The smallest absolute Gasteiger partial charge is 0.241 e. The first-order valence-corrected chi connectivity index (χ1v) is 11.4. The van der Waals surface area contributed by atoms with E-state index in [1.54, 1.807) is 25.6 Å². The topological polar surface area (TPSA) is 60.6 Å². The molecular weight excluding hydrogens is 418 g/mol. The minimum absolute atomic E-state index is 0.228. The molecule has 154 valence electrons. The molecule has 0 aliphatic carbocycles. The fourth-order valence-corrected chi connectivity index (χ4v) is 5.68. The van der Waals surface area contributed by atoms with E-state index in [0.29, 0.717) is 24.0 Å². The molecule has 30 heavy (non-hydrogen) atoms. The number of benzene rings is 1. The summed E-state index contributed by atoms with van der Waals surface area (Å²) < 4.78 is 16.4. The summed E-state index contributed by atoms with van der Waals surface area (Å²) in [5, 5.41) is 8.53. The molecule has 0 bridgehead atoms. The van der Waals surface area contributed by atoms with Crippen LogP contribution in [0, 0.1) is 0 Å². The number of hydrogen-bond donors (Lipinski definition) is 0. The lowest BCUT2D eigenvalue weighted by molar-refractivity contribution is 0.181. The van der Waals surface area contributed by atoms with Crippen LogP contribution < -0.4 is 9.47 Å². The van der Waals surface area contributed by atoms with Crippen molar-refractivity contribution in [3.63, 3.8) is 0 Å². The second-order valence-electron chi connectivity index (χ2n) is 7.02. The van der Waals surface area contributed by atoms with Gasteiger partial charge in [0.05, 0.1) is 32.4 Å². The normalized spacial score (nSPS) is 16.4. The van der Waals surface area contributed by atoms with Crippen molar-refractivity contribution in [2.45, 2.75) is 19.0 Å². The first-order valence-electron chi connectivity index (χ1n) is 9.65. The monoisotopic (exact) mass is 439 g/mol. The Kier molecular flexibility index (Phi) is 5.28. The van der Waals surface area contributed by atoms with Gasteiger partial charge in [-0.3, -0.25) is 4.90 Å². The maximum Gasteiger partial charge on any atom is 0.241 e. The second kappa shape index (κ2) is 8.22. The number of rotatable bonds is 6. The Morgan fingerprint density at radius 3 is 2.87 bits per heavy atom. The van der Waals surface area contributed by atoms with Crippen molar-refractivity contribution in [1.29, 1.82) is 0 Å². The van der Waals surface area contributed by atoms with Crippen LogP contribution in [0.3, 0.4) is 0 Å². The molecule has 1 atom stereocenters. The molecule has 1 aliphatic rings. The predicted octanol–water partition coefficient (Wildman–Crippen LogP) is 5.02. The van der Waals surface area contributed by atoms with Gasteiger partial charge in [-0.1, -0.05) is 11.2 Å². The molecule has 3 aromatic heterocycles. The summed E-state index contributed by atoms with van der Waals surface area (Å²) in [7, 11) is 3.25. The van der Waals surface area contributed by atoms with Crippen molar-refractivity contribution in [3.05, 3.63) is 68.4 Å². The molecule has 0 radical (unpaired) electrons. The van der Waals surface area contributed by atoms with Gasteiger partial charge in [-0.2, -0.15) is 4.98 Å². The minimum Gasteiger partial charge on any atom is -0.497 e. The van der Waals surface area contributed by atoms with Gasteiger partial charge in [0.15, 0.2) is 0 Å². The number of hydrogen-bond acceptors (Lipinski definition) is 8. The number of nitrogens with zero attached hydrogens (tertiary/aromatic N) is 3. The van der Waals surface area contributed by atoms with Crippen molar-refractivity contribution < 1.29 is 14.0 Å². The lowest BCUT2D eigenvalue weighted by atomic mass is 9.98. The maximum atomic E-state index is 5.63. The number of thiophene rings is 2. The molecular formula is C22H21N3O3S2. The number of ether oxygens (including phenoxy) is 2. The van der Waals surface area contributed by atoms with Crippen molar-refractivity contribution in [2.75, 3.05) is 20.8 Å². The molecule has 1 aliphatic heterocycles. The molecule has 0 saturated heterocycles. The Morgan fingerprint density at radius 1 is 1.13 bits per heavy atom. The first kappa shape index (κ1) is 19.3. The Morgan fingerprint density at radius 2 is 2.07 bits per heavy atom.